The number of hydrogen-bond donors (Lipinski definition) is 0. The number of aromatic nitrogens is 3. The molecule has 0 aliphatic heterocycles. The quantitative estimate of drug-likeness (QED) is 0.334. The second-order valence-electron chi connectivity index (χ2n) is 6.50. The van der Waals surface area contributed by atoms with Crippen LogP contribution in [-0.2, 0) is 17.9 Å². The number of halogens is 3. The minimum atomic E-state index is -0.386. The maximum atomic E-state index is 14.2. The zero-order valence-electron chi connectivity index (χ0n) is 16.2. The van der Waals surface area contributed by atoms with Gasteiger partial charge in [0.1, 0.15) is 5.82 Å². The van der Waals surface area contributed by atoms with Crippen molar-refractivity contribution < 1.29 is 9.18 Å². The Kier molecular flexibility index (Phi) is 7.53. The first-order valence-electron chi connectivity index (χ1n) is 8.99. The smallest absolute Gasteiger partial charge is 0.233 e. The van der Waals surface area contributed by atoms with E-state index < -0.39 is 0 Å². The fourth-order valence-corrected chi connectivity index (χ4v) is 4.29. The van der Waals surface area contributed by atoms with Crippen LogP contribution < -0.4 is 0 Å². The molecular formula is C21H19Cl2FN4OS. The molecule has 3 rings (SSSR count). The molecule has 1 aromatic heterocycles. The maximum absolute atomic E-state index is 14.2. The predicted molar refractivity (Wildman–Crippen MR) is 119 cm³/mol. The third-order valence-corrected chi connectivity index (χ3v) is 5.62. The van der Waals surface area contributed by atoms with Gasteiger partial charge >= 0.3 is 0 Å². The van der Waals surface area contributed by atoms with Crippen molar-refractivity contribution in [2.45, 2.75) is 18.2 Å². The normalized spacial score (nSPS) is 10.8. The molecule has 0 spiro atoms. The fourth-order valence-electron chi connectivity index (χ4n) is 2.83. The van der Waals surface area contributed by atoms with Crippen molar-refractivity contribution in [2.24, 2.45) is 0 Å². The van der Waals surface area contributed by atoms with Crippen LogP contribution in [0.4, 0.5) is 4.39 Å². The fraction of sp³-hybridized carbons (Fsp3) is 0.190. The average Bonchev–Trinajstić information content (AvgIpc) is 3.08. The highest BCUT2D eigenvalue weighted by atomic mass is 35.5. The van der Waals surface area contributed by atoms with Gasteiger partial charge in [-0.15, -0.1) is 16.8 Å². The molecule has 0 N–H and O–H groups in total. The molecule has 3 aromatic rings. The molecule has 1 heterocycles. The van der Waals surface area contributed by atoms with Crippen molar-refractivity contribution in [3.05, 3.63) is 76.5 Å². The van der Waals surface area contributed by atoms with E-state index >= 15 is 0 Å². The lowest BCUT2D eigenvalue weighted by atomic mass is 10.2. The Morgan fingerprint density at radius 3 is 2.60 bits per heavy atom. The van der Waals surface area contributed by atoms with Gasteiger partial charge in [0, 0.05) is 30.2 Å². The minimum Gasteiger partial charge on any atom is -0.341 e. The summed E-state index contributed by atoms with van der Waals surface area (Å²) in [7, 11) is 1.71. The van der Waals surface area contributed by atoms with Crippen LogP contribution in [0, 0.1) is 5.82 Å². The maximum Gasteiger partial charge on any atom is 0.233 e. The van der Waals surface area contributed by atoms with Crippen LogP contribution in [0.2, 0.25) is 10.0 Å². The Morgan fingerprint density at radius 2 is 1.93 bits per heavy atom. The zero-order chi connectivity index (χ0) is 21.7. The molecule has 0 atom stereocenters. The first-order chi connectivity index (χ1) is 14.4. The van der Waals surface area contributed by atoms with Crippen LogP contribution >= 0.6 is 35.0 Å². The average molecular weight is 465 g/mol. The van der Waals surface area contributed by atoms with Crippen LogP contribution in [0.5, 0.6) is 0 Å². The standard InChI is InChI=1S/C21H19Cl2FN4OS/c1-3-8-28-20(17-6-4-5-7-18(17)24)25-26-21(28)30-13-19(29)27(2)12-14-9-15(22)11-16(23)10-14/h3-7,9-11H,1,8,12-13H2,2H3. The Hall–Kier alpha value is -2.35. The number of benzene rings is 2. The summed E-state index contributed by atoms with van der Waals surface area (Å²) in [5.74, 6) is 0.0569. The summed E-state index contributed by atoms with van der Waals surface area (Å²) in [6.45, 7) is 4.51. The highest BCUT2D eigenvalue weighted by Crippen LogP contribution is 2.26. The Morgan fingerprint density at radius 1 is 1.23 bits per heavy atom. The second-order valence-corrected chi connectivity index (χ2v) is 8.32. The van der Waals surface area contributed by atoms with Crippen LogP contribution in [0.1, 0.15) is 5.56 Å². The van der Waals surface area contributed by atoms with Crippen LogP contribution in [0.25, 0.3) is 11.4 Å². The van der Waals surface area contributed by atoms with E-state index in [1.165, 1.54) is 17.8 Å². The van der Waals surface area contributed by atoms with E-state index in [9.17, 15) is 9.18 Å². The molecule has 0 saturated heterocycles. The van der Waals surface area contributed by atoms with Gasteiger partial charge in [0.2, 0.25) is 5.91 Å². The van der Waals surface area contributed by atoms with Gasteiger partial charge in [0.05, 0.1) is 11.3 Å². The molecule has 2 aromatic carbocycles. The largest absolute Gasteiger partial charge is 0.341 e. The lowest BCUT2D eigenvalue weighted by Crippen LogP contribution is -2.28. The third kappa shape index (κ3) is 5.41. The molecule has 0 aliphatic rings. The van der Waals surface area contributed by atoms with Gasteiger partial charge in [-0.1, -0.05) is 53.2 Å². The van der Waals surface area contributed by atoms with E-state index in [4.69, 9.17) is 23.2 Å². The van der Waals surface area contributed by atoms with Gasteiger partial charge in [0.25, 0.3) is 0 Å². The van der Waals surface area contributed by atoms with E-state index in [2.05, 4.69) is 16.8 Å². The van der Waals surface area contributed by atoms with E-state index in [1.807, 2.05) is 0 Å². The number of rotatable bonds is 8. The summed E-state index contributed by atoms with van der Waals surface area (Å²) in [6.07, 6.45) is 1.68. The Balaban J connectivity index is 1.71. The molecule has 0 saturated carbocycles. The lowest BCUT2D eigenvalue weighted by Gasteiger charge is -2.17. The summed E-state index contributed by atoms with van der Waals surface area (Å²) in [6, 6.07) is 11.5. The summed E-state index contributed by atoms with van der Waals surface area (Å²) in [5.41, 5.74) is 1.19. The third-order valence-electron chi connectivity index (χ3n) is 4.24. The second kappa shape index (κ2) is 10.1. The van der Waals surface area contributed by atoms with E-state index in [1.54, 1.807) is 59.0 Å². The molecule has 30 heavy (non-hydrogen) atoms. The van der Waals surface area contributed by atoms with Gasteiger partial charge in [0.15, 0.2) is 11.0 Å². The van der Waals surface area contributed by atoms with Gasteiger partial charge < -0.3 is 4.90 Å². The van der Waals surface area contributed by atoms with Gasteiger partial charge in [-0.05, 0) is 35.9 Å². The summed E-state index contributed by atoms with van der Waals surface area (Å²) >= 11 is 13.3. The van der Waals surface area contributed by atoms with Crippen molar-refractivity contribution in [2.75, 3.05) is 12.8 Å². The van der Waals surface area contributed by atoms with Crippen molar-refractivity contribution in [1.82, 2.24) is 19.7 Å². The van der Waals surface area contributed by atoms with Crippen molar-refractivity contribution in [3.8, 4) is 11.4 Å². The number of carbonyl (C=O) groups is 1. The molecule has 5 nitrogen and oxygen atoms in total. The predicted octanol–water partition coefficient (Wildman–Crippen LogP) is 5.33. The number of carbonyl (C=O) groups excluding carboxylic acids is 1. The summed E-state index contributed by atoms with van der Waals surface area (Å²) < 4.78 is 15.9. The number of nitrogens with zero attached hydrogens (tertiary/aromatic N) is 4. The number of allylic oxidation sites excluding steroid dienone is 1. The minimum absolute atomic E-state index is 0.100. The first kappa shape index (κ1) is 22.3. The lowest BCUT2D eigenvalue weighted by molar-refractivity contribution is -0.127. The van der Waals surface area contributed by atoms with Gasteiger partial charge in [-0.25, -0.2) is 4.39 Å². The molecule has 1 amide bonds. The zero-order valence-corrected chi connectivity index (χ0v) is 18.5. The molecule has 0 radical (unpaired) electrons. The van der Waals surface area contributed by atoms with Crippen molar-refractivity contribution >= 4 is 40.9 Å². The monoisotopic (exact) mass is 464 g/mol. The Labute approximate surface area is 188 Å². The summed E-state index contributed by atoms with van der Waals surface area (Å²) in [4.78, 5) is 14.2. The SMILES string of the molecule is C=CCn1c(SCC(=O)N(C)Cc2cc(Cl)cc(Cl)c2)nnc1-c1ccccc1F. The highest BCUT2D eigenvalue weighted by molar-refractivity contribution is 7.99. The highest BCUT2D eigenvalue weighted by Gasteiger charge is 2.18. The molecular weight excluding hydrogens is 446 g/mol. The Bertz CT molecular complexity index is 1050. The van der Waals surface area contributed by atoms with E-state index in [0.717, 1.165) is 5.56 Å². The molecule has 0 fully saturated rings. The molecule has 9 heteroatoms. The van der Waals surface area contributed by atoms with E-state index in [0.29, 0.717) is 39.7 Å². The van der Waals surface area contributed by atoms with Crippen LogP contribution in [0.15, 0.2) is 60.3 Å². The number of thioether (sulfide) groups is 1. The summed E-state index contributed by atoms with van der Waals surface area (Å²) in [5, 5.41) is 9.83. The first-order valence-corrected chi connectivity index (χ1v) is 10.7. The topological polar surface area (TPSA) is 51.0 Å². The van der Waals surface area contributed by atoms with Crippen LogP contribution in [-0.4, -0.2) is 38.4 Å². The van der Waals surface area contributed by atoms with E-state index in [-0.39, 0.29) is 17.5 Å². The number of amides is 1. The molecule has 0 aliphatic carbocycles. The van der Waals surface area contributed by atoms with Crippen molar-refractivity contribution in [3.63, 3.8) is 0 Å². The van der Waals surface area contributed by atoms with Crippen molar-refractivity contribution in [1.29, 1.82) is 0 Å². The molecule has 0 unspecified atom stereocenters. The van der Waals surface area contributed by atoms with Crippen LogP contribution in [0.3, 0.4) is 0 Å². The van der Waals surface area contributed by atoms with Gasteiger partial charge in [-0.2, -0.15) is 0 Å². The molecule has 156 valence electrons. The number of hydrogen-bond acceptors (Lipinski definition) is 4. The molecule has 0 bridgehead atoms. The van der Waals surface area contributed by atoms with Gasteiger partial charge in [-0.3, -0.25) is 9.36 Å².